The molecule has 0 fully saturated rings. The van der Waals surface area contributed by atoms with Gasteiger partial charge in [-0.3, -0.25) is 0 Å². The molecule has 13 aromatic rings. The van der Waals surface area contributed by atoms with Gasteiger partial charge < -0.3 is 8.98 Å². The molecule has 0 atom stereocenters. The zero-order valence-electron chi connectivity index (χ0n) is 33.4. The van der Waals surface area contributed by atoms with E-state index in [1.54, 1.807) is 0 Å². The molecule has 4 heteroatoms. The lowest BCUT2D eigenvalue weighted by Gasteiger charge is -2.23. The van der Waals surface area contributed by atoms with Crippen molar-refractivity contribution in [1.82, 2.24) is 4.57 Å². The maximum absolute atomic E-state index is 6.40. The Morgan fingerprint density at radius 1 is 0.426 bits per heavy atom. The molecule has 1 aliphatic rings. The molecule has 0 amide bonds. The van der Waals surface area contributed by atoms with Crippen LogP contribution in [0.4, 0.5) is 0 Å². The van der Waals surface area contributed by atoms with Crippen LogP contribution in [-0.2, 0) is 5.41 Å². The highest BCUT2D eigenvalue weighted by Crippen LogP contribution is 2.54. The fourth-order valence-corrected chi connectivity index (χ4v) is 13.1. The monoisotopic (exact) mass is 813 g/mol. The molecular weight excluding hydrogens is 779 g/mol. The summed E-state index contributed by atoms with van der Waals surface area (Å²) in [5, 5.41) is 10.2. The average molecular weight is 814 g/mol. The Hall–Kier alpha value is -6.98. The second-order valence-corrected chi connectivity index (χ2v) is 19.3. The number of fused-ring (bicyclic) bond motifs is 16. The molecule has 4 aromatic heterocycles. The van der Waals surface area contributed by atoms with E-state index in [-0.39, 0.29) is 5.41 Å². The summed E-state index contributed by atoms with van der Waals surface area (Å²) in [6, 6.07) is 65.6. The number of hydrogen-bond acceptors (Lipinski definition) is 3. The first-order valence-corrected chi connectivity index (χ1v) is 22.6. The van der Waals surface area contributed by atoms with E-state index >= 15 is 0 Å². The summed E-state index contributed by atoms with van der Waals surface area (Å²) in [6.07, 6.45) is 0. The molecule has 0 spiro atoms. The molecular formula is C57H35NOS2. The van der Waals surface area contributed by atoms with Crippen molar-refractivity contribution in [2.45, 2.75) is 19.3 Å². The van der Waals surface area contributed by atoms with Crippen molar-refractivity contribution in [3.63, 3.8) is 0 Å². The highest BCUT2D eigenvalue weighted by atomic mass is 32.1. The second-order valence-electron chi connectivity index (χ2n) is 17.2. The fraction of sp³-hybridized carbons (Fsp3) is 0.0526. The summed E-state index contributed by atoms with van der Waals surface area (Å²) >= 11 is 3.76. The van der Waals surface area contributed by atoms with Crippen LogP contribution in [0.2, 0.25) is 0 Å². The number of furan rings is 1. The third-order valence-electron chi connectivity index (χ3n) is 13.6. The fourth-order valence-electron chi connectivity index (χ4n) is 10.8. The minimum absolute atomic E-state index is 0.237. The molecule has 1 aliphatic carbocycles. The third kappa shape index (κ3) is 4.61. The summed E-state index contributed by atoms with van der Waals surface area (Å²) in [6.45, 7) is 4.77. The minimum Gasteiger partial charge on any atom is -0.456 e. The van der Waals surface area contributed by atoms with E-state index in [1.165, 1.54) is 123 Å². The van der Waals surface area contributed by atoms with Crippen LogP contribution in [0.5, 0.6) is 0 Å². The number of hydrogen-bond donors (Lipinski definition) is 0. The zero-order valence-corrected chi connectivity index (χ0v) is 35.0. The van der Waals surface area contributed by atoms with Gasteiger partial charge in [-0.1, -0.05) is 117 Å². The van der Waals surface area contributed by atoms with E-state index in [9.17, 15) is 0 Å². The lowest BCUT2D eigenvalue weighted by Crippen LogP contribution is -2.15. The minimum atomic E-state index is -0.237. The number of benzene rings is 9. The smallest absolute Gasteiger partial charge is 0.135 e. The molecule has 14 rings (SSSR count). The molecule has 0 N–H and O–H groups in total. The van der Waals surface area contributed by atoms with Crippen molar-refractivity contribution in [3.05, 3.63) is 187 Å². The Bertz CT molecular complexity index is 4040. The molecule has 4 heterocycles. The largest absolute Gasteiger partial charge is 0.456 e. The molecule has 0 saturated carbocycles. The molecule has 0 aliphatic heterocycles. The van der Waals surface area contributed by atoms with Gasteiger partial charge in [-0.25, -0.2) is 0 Å². The van der Waals surface area contributed by atoms with Crippen molar-refractivity contribution in [3.8, 4) is 39.1 Å². The van der Waals surface area contributed by atoms with Crippen molar-refractivity contribution in [1.29, 1.82) is 0 Å². The van der Waals surface area contributed by atoms with Crippen LogP contribution < -0.4 is 0 Å². The lowest BCUT2D eigenvalue weighted by atomic mass is 9.80. The van der Waals surface area contributed by atoms with Gasteiger partial charge in [0.05, 0.1) is 11.0 Å². The van der Waals surface area contributed by atoms with Crippen LogP contribution in [-0.4, -0.2) is 4.57 Å². The van der Waals surface area contributed by atoms with Crippen molar-refractivity contribution in [2.24, 2.45) is 0 Å². The molecule has 0 radical (unpaired) electrons. The molecule has 0 saturated heterocycles. The van der Waals surface area contributed by atoms with Crippen LogP contribution in [0.3, 0.4) is 0 Å². The van der Waals surface area contributed by atoms with Gasteiger partial charge in [0.1, 0.15) is 11.2 Å². The Labute approximate surface area is 359 Å². The van der Waals surface area contributed by atoms with Crippen molar-refractivity contribution >= 4 is 107 Å². The van der Waals surface area contributed by atoms with Crippen LogP contribution in [0, 0.1) is 0 Å². The van der Waals surface area contributed by atoms with Crippen molar-refractivity contribution in [2.75, 3.05) is 0 Å². The predicted molar refractivity (Wildman–Crippen MR) is 262 cm³/mol. The van der Waals surface area contributed by atoms with Crippen LogP contribution in [0.15, 0.2) is 180 Å². The van der Waals surface area contributed by atoms with Crippen LogP contribution in [0.1, 0.15) is 25.0 Å². The predicted octanol–water partition coefficient (Wildman–Crippen LogP) is 17.1. The normalized spacial score (nSPS) is 13.5. The van der Waals surface area contributed by atoms with Gasteiger partial charge in [0.25, 0.3) is 0 Å². The van der Waals surface area contributed by atoms with Gasteiger partial charge in [-0.05, 0) is 117 Å². The highest BCUT2D eigenvalue weighted by molar-refractivity contribution is 7.26. The molecule has 0 bridgehead atoms. The van der Waals surface area contributed by atoms with E-state index in [4.69, 9.17) is 4.42 Å². The standard InChI is InChI=1S/C57H35NOS2/c1-57(2)46-31-35(21-22-37(46)40-23-26-50-54(55(40)57)42-12-3-6-15-49(42)59-50)58-47-24-18-32(33-20-27-53-45(29-33)39-11-5-7-16-51(39)60-53)28-43(47)44-30-34(19-25-48(44)58)36-13-9-14-41-38-10-4-8-17-52(38)61-56(36)41/h3-31H,1-2H3. The molecule has 61 heavy (non-hydrogen) atoms. The Morgan fingerprint density at radius 3 is 1.87 bits per heavy atom. The summed E-state index contributed by atoms with van der Waals surface area (Å²) in [5.74, 6) is 0. The zero-order chi connectivity index (χ0) is 40.1. The van der Waals surface area contributed by atoms with Gasteiger partial charge >= 0.3 is 0 Å². The lowest BCUT2D eigenvalue weighted by molar-refractivity contribution is 0.656. The van der Waals surface area contributed by atoms with Gasteiger partial charge in [-0.15, -0.1) is 22.7 Å². The van der Waals surface area contributed by atoms with E-state index in [0.717, 1.165) is 11.2 Å². The Balaban J connectivity index is 0.996. The number of para-hydroxylation sites is 1. The van der Waals surface area contributed by atoms with Gasteiger partial charge in [0.2, 0.25) is 0 Å². The van der Waals surface area contributed by atoms with Gasteiger partial charge in [0, 0.05) is 73.0 Å². The Morgan fingerprint density at radius 2 is 1.05 bits per heavy atom. The number of rotatable bonds is 3. The first-order chi connectivity index (χ1) is 30.0. The summed E-state index contributed by atoms with van der Waals surface area (Å²) in [5.41, 5.74) is 15.5. The van der Waals surface area contributed by atoms with Gasteiger partial charge in [0.15, 0.2) is 0 Å². The maximum Gasteiger partial charge on any atom is 0.135 e. The van der Waals surface area contributed by atoms with Gasteiger partial charge in [-0.2, -0.15) is 0 Å². The first kappa shape index (κ1) is 33.8. The third-order valence-corrected chi connectivity index (χ3v) is 16.0. The number of nitrogens with zero attached hydrogens (tertiary/aromatic N) is 1. The molecule has 0 unspecified atom stereocenters. The number of thiophene rings is 2. The van der Waals surface area contributed by atoms with Crippen LogP contribution in [0.25, 0.3) is 123 Å². The molecule has 9 aromatic carbocycles. The van der Waals surface area contributed by atoms with Crippen LogP contribution >= 0.6 is 22.7 Å². The summed E-state index contributed by atoms with van der Waals surface area (Å²) in [7, 11) is 0. The highest BCUT2D eigenvalue weighted by Gasteiger charge is 2.38. The van der Waals surface area contributed by atoms with E-state index in [0.29, 0.717) is 0 Å². The SMILES string of the molecule is CC1(C)c2cc(-n3c4ccc(-c5ccc6sc7ccccc7c6c5)cc4c4cc(-c5cccc6c5sc5ccccc56)ccc43)ccc2-c2ccc3oc4ccccc4c3c21. The topological polar surface area (TPSA) is 18.1 Å². The molecule has 286 valence electrons. The Kier molecular flexibility index (Phi) is 6.69. The second kappa shape index (κ2) is 12.1. The maximum atomic E-state index is 6.40. The van der Waals surface area contributed by atoms with Crippen molar-refractivity contribution < 1.29 is 4.42 Å². The van der Waals surface area contributed by atoms with E-state index < -0.39 is 0 Å². The summed E-state index contributed by atoms with van der Waals surface area (Å²) in [4.78, 5) is 0. The molecule has 2 nitrogen and oxygen atoms in total. The first-order valence-electron chi connectivity index (χ1n) is 21.0. The average Bonchev–Trinajstić information content (AvgIpc) is 4.10. The summed E-state index contributed by atoms with van der Waals surface area (Å²) < 4.78 is 14.2. The van der Waals surface area contributed by atoms with E-state index in [2.05, 4.69) is 194 Å². The van der Waals surface area contributed by atoms with E-state index in [1.807, 2.05) is 22.7 Å². The number of aromatic nitrogens is 1. The quantitative estimate of drug-likeness (QED) is 0.174.